The molecule has 1 aliphatic heterocycles. The Morgan fingerprint density at radius 1 is 1.35 bits per heavy atom. The second-order valence-corrected chi connectivity index (χ2v) is 6.18. The van der Waals surface area contributed by atoms with Crippen LogP contribution in [0.4, 0.5) is 0 Å². The van der Waals surface area contributed by atoms with Crippen molar-refractivity contribution in [2.75, 3.05) is 0 Å². The minimum atomic E-state index is -0.877. The lowest BCUT2D eigenvalue weighted by atomic mass is 9.95. The van der Waals surface area contributed by atoms with Gasteiger partial charge in [-0.15, -0.1) is 0 Å². The Kier molecular flexibility index (Phi) is 3.78. The molecule has 5 heteroatoms. The molecule has 0 bridgehead atoms. The normalized spacial score (nSPS) is 21.9. The minimum absolute atomic E-state index is 0.0914. The quantitative estimate of drug-likeness (QED) is 0.910. The zero-order valence-electron chi connectivity index (χ0n) is 12.2. The number of benzene rings is 1. The van der Waals surface area contributed by atoms with Gasteiger partial charge >= 0.3 is 0 Å². The first-order valence-electron chi connectivity index (χ1n) is 6.61. The van der Waals surface area contributed by atoms with Crippen molar-refractivity contribution in [1.29, 1.82) is 0 Å². The van der Waals surface area contributed by atoms with Gasteiger partial charge in [0.2, 0.25) is 11.8 Å². The van der Waals surface area contributed by atoms with E-state index >= 15 is 0 Å². The second-order valence-electron chi connectivity index (χ2n) is 5.77. The van der Waals surface area contributed by atoms with Crippen LogP contribution in [-0.4, -0.2) is 28.3 Å². The van der Waals surface area contributed by atoms with Gasteiger partial charge in [-0.3, -0.25) is 9.59 Å². The average Bonchev–Trinajstić information content (AvgIpc) is 2.35. The highest BCUT2D eigenvalue weighted by Gasteiger charge is 2.44. The van der Waals surface area contributed by atoms with Crippen LogP contribution in [0.5, 0.6) is 0 Å². The standard InChI is InChI=1S/C15H19ClN2O2/c1-9-5-6-11(12(16)7-9)8-18-13(19)10(2)17-14(20)15(18,3)4/h5-7,10H,8H2,1-4H3,(H,17,20). The number of piperazine rings is 1. The largest absolute Gasteiger partial charge is 0.343 e. The Labute approximate surface area is 124 Å². The molecule has 1 heterocycles. The van der Waals surface area contributed by atoms with Gasteiger partial charge in [0.15, 0.2) is 0 Å². The Morgan fingerprint density at radius 3 is 2.60 bits per heavy atom. The minimum Gasteiger partial charge on any atom is -0.343 e. The fourth-order valence-corrected chi connectivity index (χ4v) is 2.59. The maximum Gasteiger partial charge on any atom is 0.246 e. The van der Waals surface area contributed by atoms with Crippen LogP contribution in [0.25, 0.3) is 0 Å². The number of hydrogen-bond donors (Lipinski definition) is 1. The highest BCUT2D eigenvalue weighted by atomic mass is 35.5. The summed E-state index contributed by atoms with van der Waals surface area (Å²) in [6.07, 6.45) is 0. The van der Waals surface area contributed by atoms with E-state index in [1.807, 2.05) is 25.1 Å². The SMILES string of the molecule is Cc1ccc(CN2C(=O)C(C)NC(=O)C2(C)C)c(Cl)c1. The molecule has 1 saturated heterocycles. The predicted molar refractivity (Wildman–Crippen MR) is 78.4 cm³/mol. The zero-order valence-corrected chi connectivity index (χ0v) is 12.9. The van der Waals surface area contributed by atoms with Gasteiger partial charge in [0.05, 0.1) is 0 Å². The van der Waals surface area contributed by atoms with Crippen molar-refractivity contribution in [2.45, 2.75) is 45.8 Å². The van der Waals surface area contributed by atoms with E-state index in [-0.39, 0.29) is 11.8 Å². The lowest BCUT2D eigenvalue weighted by molar-refractivity contribution is -0.155. The lowest BCUT2D eigenvalue weighted by Crippen LogP contribution is -2.67. The highest BCUT2D eigenvalue weighted by molar-refractivity contribution is 6.31. The number of amides is 2. The number of halogens is 1. The summed E-state index contributed by atoms with van der Waals surface area (Å²) in [5.41, 5.74) is 1.03. The Hall–Kier alpha value is -1.55. The van der Waals surface area contributed by atoms with Crippen molar-refractivity contribution >= 4 is 23.4 Å². The van der Waals surface area contributed by atoms with Crippen LogP contribution >= 0.6 is 11.6 Å². The third-order valence-corrected chi connectivity index (χ3v) is 4.10. The summed E-state index contributed by atoms with van der Waals surface area (Å²) < 4.78 is 0. The molecule has 1 fully saturated rings. The smallest absolute Gasteiger partial charge is 0.246 e. The highest BCUT2D eigenvalue weighted by Crippen LogP contribution is 2.26. The molecule has 4 nitrogen and oxygen atoms in total. The molecule has 1 aromatic carbocycles. The summed E-state index contributed by atoms with van der Waals surface area (Å²) in [6.45, 7) is 7.48. The predicted octanol–water partition coefficient (Wildman–Crippen LogP) is 2.27. The van der Waals surface area contributed by atoms with Crippen LogP contribution in [0, 0.1) is 6.92 Å². The van der Waals surface area contributed by atoms with E-state index in [9.17, 15) is 9.59 Å². The van der Waals surface area contributed by atoms with E-state index in [1.165, 1.54) is 0 Å². The molecule has 2 amide bonds. The average molecular weight is 295 g/mol. The number of carbonyl (C=O) groups is 2. The van der Waals surface area contributed by atoms with Gasteiger partial charge in [-0.25, -0.2) is 0 Å². The van der Waals surface area contributed by atoms with Gasteiger partial charge in [0.1, 0.15) is 11.6 Å². The number of aryl methyl sites for hydroxylation is 1. The van der Waals surface area contributed by atoms with E-state index in [4.69, 9.17) is 11.6 Å². The maximum absolute atomic E-state index is 12.3. The maximum atomic E-state index is 12.3. The number of nitrogens with zero attached hydrogens (tertiary/aromatic N) is 1. The molecule has 2 rings (SSSR count). The van der Waals surface area contributed by atoms with Gasteiger partial charge < -0.3 is 10.2 Å². The number of rotatable bonds is 2. The summed E-state index contributed by atoms with van der Waals surface area (Å²) in [5.74, 6) is -0.237. The molecule has 0 aliphatic carbocycles. The van der Waals surface area contributed by atoms with Gasteiger partial charge in [0.25, 0.3) is 0 Å². The van der Waals surface area contributed by atoms with E-state index < -0.39 is 11.6 Å². The van der Waals surface area contributed by atoms with Crippen molar-refractivity contribution in [3.63, 3.8) is 0 Å². The first-order chi connectivity index (χ1) is 9.23. The molecule has 0 spiro atoms. The van der Waals surface area contributed by atoms with Gasteiger partial charge in [0, 0.05) is 11.6 Å². The molecule has 108 valence electrons. The first-order valence-corrected chi connectivity index (χ1v) is 6.98. The molecule has 0 aromatic heterocycles. The second kappa shape index (κ2) is 5.09. The van der Waals surface area contributed by atoms with Gasteiger partial charge in [-0.05, 0) is 44.9 Å². The Balaban J connectivity index is 2.33. The van der Waals surface area contributed by atoms with Crippen LogP contribution in [0.15, 0.2) is 18.2 Å². The molecule has 1 aromatic rings. The Bertz CT molecular complexity index is 569. The topological polar surface area (TPSA) is 49.4 Å². The van der Waals surface area contributed by atoms with Crippen molar-refractivity contribution in [2.24, 2.45) is 0 Å². The summed E-state index contributed by atoms with van der Waals surface area (Å²) in [7, 11) is 0. The fraction of sp³-hybridized carbons (Fsp3) is 0.467. The molecule has 1 N–H and O–H groups in total. The van der Waals surface area contributed by atoms with Crippen molar-refractivity contribution in [3.8, 4) is 0 Å². The molecule has 1 unspecified atom stereocenters. The van der Waals surface area contributed by atoms with Crippen LogP contribution < -0.4 is 5.32 Å². The van der Waals surface area contributed by atoms with E-state index in [0.717, 1.165) is 11.1 Å². The third-order valence-electron chi connectivity index (χ3n) is 3.75. The molecule has 0 saturated carbocycles. The van der Waals surface area contributed by atoms with E-state index in [2.05, 4.69) is 5.32 Å². The van der Waals surface area contributed by atoms with Gasteiger partial charge in [-0.1, -0.05) is 23.7 Å². The summed E-state index contributed by atoms with van der Waals surface area (Å²) in [6, 6.07) is 5.21. The van der Waals surface area contributed by atoms with Crippen molar-refractivity contribution < 1.29 is 9.59 Å². The van der Waals surface area contributed by atoms with E-state index in [0.29, 0.717) is 11.6 Å². The van der Waals surface area contributed by atoms with Crippen LogP contribution in [0.1, 0.15) is 31.9 Å². The number of nitrogens with one attached hydrogen (secondary N) is 1. The Morgan fingerprint density at radius 2 is 2.00 bits per heavy atom. The fourth-order valence-electron chi connectivity index (χ4n) is 2.29. The van der Waals surface area contributed by atoms with Crippen LogP contribution in [0.3, 0.4) is 0 Å². The lowest BCUT2D eigenvalue weighted by Gasteiger charge is -2.43. The summed E-state index contributed by atoms with van der Waals surface area (Å²) in [5, 5.41) is 3.31. The zero-order chi connectivity index (χ0) is 15.1. The van der Waals surface area contributed by atoms with Crippen molar-refractivity contribution in [1.82, 2.24) is 10.2 Å². The molecule has 1 aliphatic rings. The monoisotopic (exact) mass is 294 g/mol. The molecule has 20 heavy (non-hydrogen) atoms. The summed E-state index contributed by atoms with van der Waals surface area (Å²) >= 11 is 6.22. The first kappa shape index (κ1) is 14.9. The van der Waals surface area contributed by atoms with Crippen molar-refractivity contribution in [3.05, 3.63) is 34.3 Å². The van der Waals surface area contributed by atoms with E-state index in [1.54, 1.807) is 25.7 Å². The molecule has 1 atom stereocenters. The van der Waals surface area contributed by atoms with Gasteiger partial charge in [-0.2, -0.15) is 0 Å². The summed E-state index contributed by atoms with van der Waals surface area (Å²) in [4.78, 5) is 26.0. The molecular weight excluding hydrogens is 276 g/mol. The van der Waals surface area contributed by atoms with Crippen LogP contribution in [0.2, 0.25) is 5.02 Å². The molecule has 0 radical (unpaired) electrons. The third kappa shape index (κ3) is 2.52. The number of carbonyl (C=O) groups excluding carboxylic acids is 2. The molecular formula is C15H19ClN2O2. The van der Waals surface area contributed by atoms with Crippen LogP contribution in [-0.2, 0) is 16.1 Å². The number of hydrogen-bond acceptors (Lipinski definition) is 2.